The van der Waals surface area contributed by atoms with Gasteiger partial charge in [0, 0.05) is 5.92 Å². The molecule has 2 aromatic rings. The summed E-state index contributed by atoms with van der Waals surface area (Å²) in [5.74, 6) is 2.08. The van der Waals surface area contributed by atoms with Crippen LogP contribution in [-0.2, 0) is 0 Å². The van der Waals surface area contributed by atoms with Gasteiger partial charge < -0.3 is 9.84 Å². The molecule has 0 spiro atoms. The molecule has 0 amide bonds. The average molecular weight is 280 g/mol. The molecule has 2 aromatic carbocycles. The molecule has 1 aliphatic carbocycles. The highest BCUT2D eigenvalue weighted by Crippen LogP contribution is 2.53. The Hall–Kier alpha value is -1.80. The van der Waals surface area contributed by atoms with Gasteiger partial charge in [-0.3, -0.25) is 0 Å². The van der Waals surface area contributed by atoms with Crippen molar-refractivity contribution in [2.24, 2.45) is 5.92 Å². The van der Waals surface area contributed by atoms with Gasteiger partial charge >= 0.3 is 0 Å². The number of fused-ring (bicyclic) bond motifs is 1. The first kappa shape index (κ1) is 12.9. The van der Waals surface area contributed by atoms with E-state index in [1.807, 2.05) is 24.3 Å². The molecule has 1 saturated carbocycles. The van der Waals surface area contributed by atoms with Gasteiger partial charge in [-0.15, -0.1) is 0 Å². The number of para-hydroxylation sites is 1. The third-order valence-corrected chi connectivity index (χ3v) is 4.92. The molecule has 2 nitrogen and oxygen atoms in total. The maximum Gasteiger partial charge on any atom is 0.122 e. The Bertz CT molecular complexity index is 622. The zero-order valence-corrected chi connectivity index (χ0v) is 12.0. The lowest BCUT2D eigenvalue weighted by molar-refractivity contribution is 0.0957. The molecule has 0 bridgehead atoms. The minimum atomic E-state index is -0.264. The quantitative estimate of drug-likeness (QED) is 0.928. The molecule has 0 radical (unpaired) electrons. The van der Waals surface area contributed by atoms with Crippen molar-refractivity contribution in [3.05, 3.63) is 65.7 Å². The second-order valence-corrected chi connectivity index (χ2v) is 6.19. The third-order valence-electron chi connectivity index (χ3n) is 4.92. The van der Waals surface area contributed by atoms with Crippen molar-refractivity contribution in [2.45, 2.75) is 30.8 Å². The second kappa shape index (κ2) is 5.19. The largest absolute Gasteiger partial charge is 0.493 e. The molecule has 4 rings (SSSR count). The molecule has 0 aromatic heterocycles. The fraction of sp³-hybridized carbons (Fsp3) is 0.368. The molecule has 1 N–H and O–H groups in total. The summed E-state index contributed by atoms with van der Waals surface area (Å²) in [5, 5.41) is 10.8. The first-order chi connectivity index (χ1) is 10.3. The van der Waals surface area contributed by atoms with E-state index in [0.717, 1.165) is 18.6 Å². The highest BCUT2D eigenvalue weighted by atomic mass is 16.5. The van der Waals surface area contributed by atoms with Crippen LogP contribution in [0.1, 0.15) is 35.8 Å². The van der Waals surface area contributed by atoms with E-state index in [0.29, 0.717) is 18.4 Å². The number of ether oxygens (including phenoxy) is 1. The molecular weight excluding hydrogens is 260 g/mol. The second-order valence-electron chi connectivity index (χ2n) is 6.19. The monoisotopic (exact) mass is 280 g/mol. The minimum Gasteiger partial charge on any atom is -0.493 e. The summed E-state index contributed by atoms with van der Waals surface area (Å²) in [6.45, 7) is 0.710. The lowest BCUT2D eigenvalue weighted by Gasteiger charge is -2.29. The van der Waals surface area contributed by atoms with Gasteiger partial charge in [-0.2, -0.15) is 0 Å². The molecule has 1 fully saturated rings. The Kier molecular flexibility index (Phi) is 3.19. The lowest BCUT2D eigenvalue weighted by Crippen LogP contribution is -2.27. The molecule has 1 aliphatic heterocycles. The van der Waals surface area contributed by atoms with E-state index in [1.165, 1.54) is 11.1 Å². The summed E-state index contributed by atoms with van der Waals surface area (Å²) in [7, 11) is 0. The van der Waals surface area contributed by atoms with Crippen LogP contribution >= 0.6 is 0 Å². The predicted octanol–water partition coefficient (Wildman–Crippen LogP) is 3.72. The van der Waals surface area contributed by atoms with E-state index in [2.05, 4.69) is 30.3 Å². The summed E-state index contributed by atoms with van der Waals surface area (Å²) in [6.07, 6.45) is 1.75. The third kappa shape index (κ3) is 2.34. The van der Waals surface area contributed by atoms with Crippen LogP contribution in [0.2, 0.25) is 0 Å². The minimum absolute atomic E-state index is 0.216. The maximum absolute atomic E-state index is 10.8. The van der Waals surface area contributed by atoms with Gasteiger partial charge in [0.15, 0.2) is 0 Å². The zero-order chi connectivity index (χ0) is 14.2. The maximum atomic E-state index is 10.8. The molecule has 4 atom stereocenters. The molecule has 4 unspecified atom stereocenters. The van der Waals surface area contributed by atoms with E-state index >= 15 is 0 Å². The Balaban J connectivity index is 1.54. The topological polar surface area (TPSA) is 29.5 Å². The fourth-order valence-corrected chi connectivity index (χ4v) is 3.70. The SMILES string of the molecule is OC(C1CCOc2ccccc21)C1CC1c1ccccc1. The number of aliphatic hydroxyl groups is 1. The first-order valence-electron chi connectivity index (χ1n) is 7.79. The van der Waals surface area contributed by atoms with Gasteiger partial charge in [0.2, 0.25) is 0 Å². The number of rotatable bonds is 3. The first-order valence-corrected chi connectivity index (χ1v) is 7.79. The van der Waals surface area contributed by atoms with E-state index < -0.39 is 0 Å². The van der Waals surface area contributed by atoms with E-state index in [-0.39, 0.29) is 12.0 Å². The Morgan fingerprint density at radius 3 is 2.62 bits per heavy atom. The molecular formula is C19H20O2. The van der Waals surface area contributed by atoms with Crippen molar-refractivity contribution >= 4 is 0 Å². The van der Waals surface area contributed by atoms with Crippen LogP contribution in [0.3, 0.4) is 0 Å². The smallest absolute Gasteiger partial charge is 0.122 e. The molecule has 0 saturated heterocycles. The summed E-state index contributed by atoms with van der Waals surface area (Å²) in [4.78, 5) is 0. The normalized spacial score (nSPS) is 28.3. The molecule has 108 valence electrons. The van der Waals surface area contributed by atoms with Gasteiger partial charge in [0.1, 0.15) is 5.75 Å². The van der Waals surface area contributed by atoms with E-state index in [1.54, 1.807) is 0 Å². The number of aliphatic hydroxyl groups excluding tert-OH is 1. The molecule has 2 aliphatic rings. The van der Waals surface area contributed by atoms with Crippen LogP contribution in [0.15, 0.2) is 54.6 Å². The van der Waals surface area contributed by atoms with E-state index in [9.17, 15) is 5.11 Å². The van der Waals surface area contributed by atoms with Crippen molar-refractivity contribution in [1.29, 1.82) is 0 Å². The Labute approximate surface area is 125 Å². The highest BCUT2D eigenvalue weighted by Gasteiger charge is 2.46. The number of benzene rings is 2. The van der Waals surface area contributed by atoms with Gasteiger partial charge in [0.25, 0.3) is 0 Å². The van der Waals surface area contributed by atoms with Gasteiger partial charge in [-0.05, 0) is 41.9 Å². The van der Waals surface area contributed by atoms with Crippen molar-refractivity contribution in [1.82, 2.24) is 0 Å². The Morgan fingerprint density at radius 1 is 1.00 bits per heavy atom. The van der Waals surface area contributed by atoms with Crippen LogP contribution in [-0.4, -0.2) is 17.8 Å². The van der Waals surface area contributed by atoms with Gasteiger partial charge in [-0.25, -0.2) is 0 Å². The van der Waals surface area contributed by atoms with Crippen molar-refractivity contribution < 1.29 is 9.84 Å². The van der Waals surface area contributed by atoms with Crippen LogP contribution in [0.5, 0.6) is 5.75 Å². The summed E-state index contributed by atoms with van der Waals surface area (Å²) >= 11 is 0. The standard InChI is InChI=1S/C19H20O2/c20-19(17-12-16(17)13-6-2-1-3-7-13)15-10-11-21-18-9-5-4-8-14(15)18/h1-9,15-17,19-20H,10-12H2. The zero-order valence-electron chi connectivity index (χ0n) is 12.0. The number of hydrogen-bond acceptors (Lipinski definition) is 2. The van der Waals surface area contributed by atoms with E-state index in [4.69, 9.17) is 4.74 Å². The van der Waals surface area contributed by atoms with Crippen LogP contribution in [0, 0.1) is 5.92 Å². The van der Waals surface area contributed by atoms with Crippen molar-refractivity contribution in [3.8, 4) is 5.75 Å². The Morgan fingerprint density at radius 2 is 1.76 bits per heavy atom. The van der Waals surface area contributed by atoms with Crippen molar-refractivity contribution in [3.63, 3.8) is 0 Å². The van der Waals surface area contributed by atoms with Crippen LogP contribution < -0.4 is 4.74 Å². The fourth-order valence-electron chi connectivity index (χ4n) is 3.70. The summed E-state index contributed by atoms with van der Waals surface area (Å²) < 4.78 is 5.70. The van der Waals surface area contributed by atoms with Gasteiger partial charge in [-0.1, -0.05) is 48.5 Å². The van der Waals surface area contributed by atoms with Crippen LogP contribution in [0.4, 0.5) is 0 Å². The number of hydrogen-bond donors (Lipinski definition) is 1. The molecule has 2 heteroatoms. The average Bonchev–Trinajstić information content (AvgIpc) is 3.35. The highest BCUT2D eigenvalue weighted by molar-refractivity contribution is 5.39. The lowest BCUT2D eigenvalue weighted by atomic mass is 9.85. The predicted molar refractivity (Wildman–Crippen MR) is 82.6 cm³/mol. The summed E-state index contributed by atoms with van der Waals surface area (Å²) in [6, 6.07) is 18.7. The van der Waals surface area contributed by atoms with Crippen LogP contribution in [0.25, 0.3) is 0 Å². The summed E-state index contributed by atoms with van der Waals surface area (Å²) in [5.41, 5.74) is 2.54. The molecule has 1 heterocycles. The van der Waals surface area contributed by atoms with Gasteiger partial charge in [0.05, 0.1) is 12.7 Å². The molecule has 21 heavy (non-hydrogen) atoms. The van der Waals surface area contributed by atoms with Crippen molar-refractivity contribution in [2.75, 3.05) is 6.61 Å².